The Hall–Kier alpha value is -3.24. The molecule has 0 atom stereocenters. The molecule has 0 saturated carbocycles. The summed E-state index contributed by atoms with van der Waals surface area (Å²) in [5.41, 5.74) is 4.48. The van der Waals surface area contributed by atoms with E-state index < -0.39 is 5.54 Å². The molecule has 0 spiro atoms. The van der Waals surface area contributed by atoms with Gasteiger partial charge in [-0.05, 0) is 31.0 Å². The second-order valence-electron chi connectivity index (χ2n) is 8.70. The second-order valence-corrected chi connectivity index (χ2v) is 8.70. The molecule has 1 saturated heterocycles. The van der Waals surface area contributed by atoms with E-state index in [0.717, 1.165) is 36.6 Å². The van der Waals surface area contributed by atoms with Gasteiger partial charge in [0.2, 0.25) is 11.6 Å². The number of hydrogen-bond donors (Lipinski definition) is 1. The molecule has 2 aliphatic rings. The Bertz CT molecular complexity index is 1130. The van der Waals surface area contributed by atoms with Crippen molar-refractivity contribution in [1.82, 2.24) is 0 Å². The fourth-order valence-corrected chi connectivity index (χ4v) is 5.31. The zero-order valence-electron chi connectivity index (χ0n) is 18.0. The van der Waals surface area contributed by atoms with E-state index in [1.54, 1.807) is 12.1 Å². The van der Waals surface area contributed by atoms with Crippen LogP contribution in [0.4, 0.5) is 5.69 Å². The SMILES string of the molecule is Cc1ccc(C)c(N2CC[NH+](C3(c4ccccc4)C(=O)c4ccccc4C3=O)CC2)c1. The molecule has 4 nitrogen and oxygen atoms in total. The van der Waals surface area contributed by atoms with Crippen LogP contribution in [0.15, 0.2) is 72.8 Å². The van der Waals surface area contributed by atoms with E-state index in [0.29, 0.717) is 11.1 Å². The lowest BCUT2D eigenvalue weighted by molar-refractivity contribution is -0.938. The topological polar surface area (TPSA) is 41.8 Å². The third kappa shape index (κ3) is 2.94. The van der Waals surface area contributed by atoms with Crippen LogP contribution in [0.2, 0.25) is 0 Å². The monoisotopic (exact) mass is 411 g/mol. The summed E-state index contributed by atoms with van der Waals surface area (Å²) in [5.74, 6) is -0.121. The van der Waals surface area contributed by atoms with Crippen molar-refractivity contribution >= 4 is 17.3 Å². The Kier molecular flexibility index (Phi) is 4.75. The number of piperazine rings is 1. The second kappa shape index (κ2) is 7.47. The highest BCUT2D eigenvalue weighted by Gasteiger charge is 2.62. The van der Waals surface area contributed by atoms with Gasteiger partial charge in [-0.3, -0.25) is 9.59 Å². The van der Waals surface area contributed by atoms with Gasteiger partial charge in [0.25, 0.3) is 5.54 Å². The van der Waals surface area contributed by atoms with E-state index in [1.165, 1.54) is 16.8 Å². The molecular formula is C27H27N2O2+. The number of nitrogens with one attached hydrogen (secondary N) is 1. The average Bonchev–Trinajstić information content (AvgIpc) is 3.04. The van der Waals surface area contributed by atoms with Gasteiger partial charge < -0.3 is 9.80 Å². The molecule has 1 heterocycles. The number of rotatable bonds is 3. The average molecular weight is 412 g/mol. The summed E-state index contributed by atoms with van der Waals surface area (Å²) in [6, 6.07) is 23.5. The van der Waals surface area contributed by atoms with Crippen LogP contribution in [0.25, 0.3) is 0 Å². The van der Waals surface area contributed by atoms with Crippen LogP contribution in [0, 0.1) is 13.8 Å². The molecule has 31 heavy (non-hydrogen) atoms. The first kappa shape index (κ1) is 19.7. The first-order valence-corrected chi connectivity index (χ1v) is 10.9. The lowest BCUT2D eigenvalue weighted by Gasteiger charge is -2.42. The molecule has 3 aromatic carbocycles. The van der Waals surface area contributed by atoms with Crippen molar-refractivity contribution in [3.8, 4) is 0 Å². The maximum Gasteiger partial charge on any atom is 0.250 e. The minimum absolute atomic E-state index is 0.0607. The Morgan fingerprint density at radius 3 is 1.97 bits per heavy atom. The van der Waals surface area contributed by atoms with Crippen LogP contribution in [-0.4, -0.2) is 37.7 Å². The predicted octanol–water partition coefficient (Wildman–Crippen LogP) is 2.98. The predicted molar refractivity (Wildman–Crippen MR) is 122 cm³/mol. The first-order valence-electron chi connectivity index (χ1n) is 10.9. The van der Waals surface area contributed by atoms with Crippen molar-refractivity contribution in [2.75, 3.05) is 31.1 Å². The van der Waals surface area contributed by atoms with E-state index in [9.17, 15) is 9.59 Å². The van der Waals surface area contributed by atoms with Gasteiger partial charge in [0.05, 0.1) is 26.2 Å². The molecule has 156 valence electrons. The Balaban J connectivity index is 1.53. The van der Waals surface area contributed by atoms with Crippen LogP contribution in [0.3, 0.4) is 0 Å². The highest BCUT2D eigenvalue weighted by Crippen LogP contribution is 2.36. The molecule has 0 amide bonds. The van der Waals surface area contributed by atoms with Crippen molar-refractivity contribution in [3.05, 3.63) is 101 Å². The number of benzene rings is 3. The molecular weight excluding hydrogens is 384 g/mol. The van der Waals surface area contributed by atoms with E-state index in [1.807, 2.05) is 42.5 Å². The third-order valence-corrected chi connectivity index (χ3v) is 6.91. The van der Waals surface area contributed by atoms with Crippen LogP contribution >= 0.6 is 0 Å². The molecule has 0 aromatic heterocycles. The first-order chi connectivity index (χ1) is 15.0. The number of fused-ring (bicyclic) bond motifs is 1. The summed E-state index contributed by atoms with van der Waals surface area (Å²) >= 11 is 0. The smallest absolute Gasteiger partial charge is 0.250 e. The number of aryl methyl sites for hydroxylation is 2. The molecule has 3 aromatic rings. The largest absolute Gasteiger partial charge is 0.360 e. The maximum absolute atomic E-state index is 13.8. The molecule has 4 heteroatoms. The number of carbonyl (C=O) groups is 2. The molecule has 5 rings (SSSR count). The number of quaternary nitrogens is 1. The highest BCUT2D eigenvalue weighted by molar-refractivity contribution is 6.31. The lowest BCUT2D eigenvalue weighted by atomic mass is 9.82. The maximum atomic E-state index is 13.8. The lowest BCUT2D eigenvalue weighted by Crippen LogP contribution is -3.23. The van der Waals surface area contributed by atoms with Gasteiger partial charge >= 0.3 is 0 Å². The highest BCUT2D eigenvalue weighted by atomic mass is 16.2. The Morgan fingerprint density at radius 1 is 0.774 bits per heavy atom. The van der Waals surface area contributed by atoms with Crippen molar-refractivity contribution in [1.29, 1.82) is 0 Å². The van der Waals surface area contributed by atoms with Gasteiger partial charge in [-0.15, -0.1) is 0 Å². The number of Topliss-reactive ketones (excluding diaryl/α,β-unsaturated/α-hetero) is 2. The molecule has 1 aliphatic carbocycles. The van der Waals surface area contributed by atoms with E-state index in [-0.39, 0.29) is 11.6 Å². The molecule has 1 aliphatic heterocycles. The quantitative estimate of drug-likeness (QED) is 0.674. The van der Waals surface area contributed by atoms with Gasteiger partial charge in [0.15, 0.2) is 0 Å². The van der Waals surface area contributed by atoms with Crippen molar-refractivity contribution in [2.45, 2.75) is 19.4 Å². The summed E-state index contributed by atoms with van der Waals surface area (Å²) in [6.45, 7) is 7.33. The Morgan fingerprint density at radius 2 is 1.35 bits per heavy atom. The molecule has 0 bridgehead atoms. The zero-order chi connectivity index (χ0) is 21.6. The summed E-state index contributed by atoms with van der Waals surface area (Å²) in [4.78, 5) is 31.1. The summed E-state index contributed by atoms with van der Waals surface area (Å²) in [6.07, 6.45) is 0. The summed E-state index contributed by atoms with van der Waals surface area (Å²) < 4.78 is 0. The number of ketones is 2. The minimum Gasteiger partial charge on any atom is -0.360 e. The van der Waals surface area contributed by atoms with Crippen molar-refractivity contribution in [3.63, 3.8) is 0 Å². The van der Waals surface area contributed by atoms with E-state index in [2.05, 4.69) is 36.9 Å². The minimum atomic E-state index is -1.18. The molecule has 1 fully saturated rings. The molecule has 0 unspecified atom stereocenters. The van der Waals surface area contributed by atoms with Gasteiger partial charge in [-0.1, -0.05) is 66.7 Å². The van der Waals surface area contributed by atoms with Crippen LogP contribution < -0.4 is 9.80 Å². The van der Waals surface area contributed by atoms with Crippen molar-refractivity contribution < 1.29 is 14.5 Å². The van der Waals surface area contributed by atoms with Crippen molar-refractivity contribution in [2.24, 2.45) is 0 Å². The third-order valence-electron chi connectivity index (χ3n) is 6.91. The number of nitrogens with zero attached hydrogens (tertiary/aromatic N) is 1. The number of hydrogen-bond acceptors (Lipinski definition) is 3. The van der Waals surface area contributed by atoms with Gasteiger partial charge in [-0.25, -0.2) is 0 Å². The molecule has 0 radical (unpaired) electrons. The fourth-order valence-electron chi connectivity index (χ4n) is 5.31. The van der Waals surface area contributed by atoms with Gasteiger partial charge in [0.1, 0.15) is 0 Å². The standard InChI is InChI=1S/C27H26N2O2/c1-19-12-13-20(2)24(18-19)28-14-16-29(17-15-28)27(21-8-4-3-5-9-21)25(30)22-10-6-7-11-23(22)26(27)31/h3-13,18H,14-17H2,1-2H3/p+1. The summed E-state index contributed by atoms with van der Waals surface area (Å²) in [7, 11) is 0. The summed E-state index contributed by atoms with van der Waals surface area (Å²) in [5, 5.41) is 0. The van der Waals surface area contributed by atoms with Crippen LogP contribution in [-0.2, 0) is 5.54 Å². The van der Waals surface area contributed by atoms with E-state index >= 15 is 0 Å². The van der Waals surface area contributed by atoms with Crippen LogP contribution in [0.5, 0.6) is 0 Å². The molecule has 1 N–H and O–H groups in total. The number of anilines is 1. The van der Waals surface area contributed by atoms with Gasteiger partial charge in [-0.2, -0.15) is 0 Å². The number of carbonyl (C=O) groups excluding carboxylic acids is 2. The fraction of sp³-hybridized carbons (Fsp3) is 0.259. The van der Waals surface area contributed by atoms with Crippen LogP contribution in [0.1, 0.15) is 37.4 Å². The Labute approximate surface area is 183 Å². The zero-order valence-corrected chi connectivity index (χ0v) is 18.0. The normalized spacial score (nSPS) is 18.3. The van der Waals surface area contributed by atoms with Gasteiger partial charge in [0, 0.05) is 22.4 Å². The van der Waals surface area contributed by atoms with E-state index in [4.69, 9.17) is 0 Å².